The van der Waals surface area contributed by atoms with E-state index in [2.05, 4.69) is 51.1 Å². The molecule has 0 saturated carbocycles. The van der Waals surface area contributed by atoms with Gasteiger partial charge in [-0.2, -0.15) is 0 Å². The van der Waals surface area contributed by atoms with Gasteiger partial charge in [0, 0.05) is 14.8 Å². The summed E-state index contributed by atoms with van der Waals surface area (Å²) in [6.45, 7) is 2.16. The molecule has 0 fully saturated rings. The Labute approximate surface area is 101 Å². The molecule has 0 unspecified atom stereocenters. The maximum Gasteiger partial charge on any atom is 0.118 e. The van der Waals surface area contributed by atoms with Crippen LogP contribution in [-0.4, -0.2) is 14.9 Å². The van der Waals surface area contributed by atoms with Crippen molar-refractivity contribution in [2.45, 2.75) is 6.92 Å². The molecule has 3 aromatic rings. The van der Waals surface area contributed by atoms with Gasteiger partial charge in [0.1, 0.15) is 7.17 Å². The Bertz CT molecular complexity index is 670. The first kappa shape index (κ1) is 9.98. The summed E-state index contributed by atoms with van der Waals surface area (Å²) >= 11 is 1.89. The first-order valence-electron chi connectivity index (χ1n) is 5.69. The zero-order valence-electron chi connectivity index (χ0n) is 9.58. The van der Waals surface area contributed by atoms with Crippen LogP contribution in [0.5, 0.6) is 0 Å². The highest BCUT2D eigenvalue weighted by atomic mass is 32.1. The van der Waals surface area contributed by atoms with E-state index >= 15 is 0 Å². The average Bonchev–Trinajstić information content (AvgIpc) is 2.66. The third kappa shape index (κ3) is 1.47. The lowest BCUT2D eigenvalue weighted by atomic mass is 9.51. The molecule has 76 valence electrons. The molecule has 0 spiro atoms. The van der Waals surface area contributed by atoms with Crippen LogP contribution in [0, 0.1) is 6.92 Å². The summed E-state index contributed by atoms with van der Waals surface area (Å²) in [5.74, 6) is 0. The van der Waals surface area contributed by atoms with E-state index in [4.69, 9.17) is 0 Å². The Kier molecular flexibility index (Phi) is 2.29. The van der Waals surface area contributed by atoms with E-state index in [9.17, 15) is 0 Å². The molecule has 0 radical (unpaired) electrons. The highest BCUT2D eigenvalue weighted by Gasteiger charge is 2.05. The highest BCUT2D eigenvalue weighted by Crippen LogP contribution is 2.33. The number of rotatable bonds is 1. The second kappa shape index (κ2) is 3.67. The van der Waals surface area contributed by atoms with Crippen molar-refractivity contribution in [2.75, 3.05) is 0 Å². The third-order valence-electron chi connectivity index (χ3n) is 3.10. The topological polar surface area (TPSA) is 0 Å². The molecular formula is C13H12B2S. The maximum absolute atomic E-state index is 2.34. The van der Waals surface area contributed by atoms with Crippen molar-refractivity contribution >= 4 is 51.9 Å². The van der Waals surface area contributed by atoms with Crippen LogP contribution in [0.15, 0.2) is 36.4 Å². The molecule has 3 rings (SSSR count). The van der Waals surface area contributed by atoms with Gasteiger partial charge in [0.15, 0.2) is 0 Å². The van der Waals surface area contributed by atoms with Gasteiger partial charge < -0.3 is 0 Å². The molecule has 0 atom stereocenters. The van der Waals surface area contributed by atoms with Crippen molar-refractivity contribution in [3.8, 4) is 0 Å². The highest BCUT2D eigenvalue weighted by molar-refractivity contribution is 7.25. The lowest BCUT2D eigenvalue weighted by molar-refractivity contribution is 1.52. The van der Waals surface area contributed by atoms with Gasteiger partial charge in [-0.15, -0.1) is 11.3 Å². The van der Waals surface area contributed by atoms with Gasteiger partial charge in [-0.25, -0.2) is 0 Å². The minimum atomic E-state index is 1.11. The van der Waals surface area contributed by atoms with Crippen LogP contribution in [0.1, 0.15) is 5.56 Å². The first-order chi connectivity index (χ1) is 7.78. The summed E-state index contributed by atoms with van der Waals surface area (Å²) in [5.41, 5.74) is 2.77. The molecule has 1 aromatic heterocycles. The van der Waals surface area contributed by atoms with Gasteiger partial charge in [0.05, 0.1) is 7.74 Å². The summed E-state index contributed by atoms with van der Waals surface area (Å²) in [6.07, 6.45) is 0. The van der Waals surface area contributed by atoms with Crippen LogP contribution < -0.4 is 5.46 Å². The van der Waals surface area contributed by atoms with Crippen LogP contribution in [0.25, 0.3) is 20.2 Å². The standard InChI is InChI=1S/C13H12B2S/c1-8-2-4-12-10(6-8)11-7-9(15-14)3-5-13(11)16-12/h2-7,15H,14H2,1H3. The van der Waals surface area contributed by atoms with Gasteiger partial charge in [-0.3, -0.25) is 0 Å². The van der Waals surface area contributed by atoms with E-state index < -0.39 is 0 Å². The van der Waals surface area contributed by atoms with Crippen molar-refractivity contribution in [1.82, 2.24) is 0 Å². The molecule has 0 aliphatic carbocycles. The van der Waals surface area contributed by atoms with Crippen LogP contribution >= 0.6 is 11.3 Å². The number of benzene rings is 2. The molecule has 16 heavy (non-hydrogen) atoms. The van der Waals surface area contributed by atoms with Crippen LogP contribution in [0.4, 0.5) is 0 Å². The number of hydrogen-bond acceptors (Lipinski definition) is 1. The molecule has 0 aliphatic heterocycles. The molecule has 0 saturated heterocycles. The fourth-order valence-corrected chi connectivity index (χ4v) is 3.23. The first-order valence-corrected chi connectivity index (χ1v) is 6.51. The van der Waals surface area contributed by atoms with Gasteiger partial charge in [-0.05, 0) is 30.5 Å². The van der Waals surface area contributed by atoms with Crippen molar-refractivity contribution in [2.24, 2.45) is 0 Å². The molecule has 2 aromatic carbocycles. The second-order valence-electron chi connectivity index (χ2n) is 4.29. The van der Waals surface area contributed by atoms with E-state index in [0.29, 0.717) is 0 Å². The van der Waals surface area contributed by atoms with Gasteiger partial charge in [0.25, 0.3) is 0 Å². The number of aryl methyl sites for hydroxylation is 1. The summed E-state index contributed by atoms with van der Waals surface area (Å²) in [5, 5.41) is 2.83. The summed E-state index contributed by atoms with van der Waals surface area (Å²) in [6, 6.07) is 13.6. The molecular weight excluding hydrogens is 210 g/mol. The molecule has 1 heterocycles. The Morgan fingerprint density at radius 2 is 1.69 bits per heavy atom. The fraction of sp³-hybridized carbons (Fsp3) is 0.0769. The summed E-state index contributed by atoms with van der Waals surface area (Å²) in [7, 11) is 3.32. The van der Waals surface area contributed by atoms with E-state index in [1.165, 1.54) is 31.2 Å². The van der Waals surface area contributed by atoms with Gasteiger partial charge in [-0.1, -0.05) is 29.2 Å². The lowest BCUT2D eigenvalue weighted by Gasteiger charge is -1.97. The largest absolute Gasteiger partial charge is 0.135 e. The Morgan fingerprint density at radius 3 is 2.44 bits per heavy atom. The van der Waals surface area contributed by atoms with Gasteiger partial charge in [0.2, 0.25) is 0 Å². The SMILES string of the molecule is BBc1ccc2sc3ccc(C)cc3c2c1. The predicted molar refractivity (Wildman–Crippen MR) is 79.4 cm³/mol. The molecule has 0 N–H and O–H groups in total. The predicted octanol–water partition coefficient (Wildman–Crippen LogP) is 1.97. The third-order valence-corrected chi connectivity index (χ3v) is 4.25. The number of fused-ring (bicyclic) bond motifs is 3. The van der Waals surface area contributed by atoms with Crippen molar-refractivity contribution in [3.05, 3.63) is 42.0 Å². The van der Waals surface area contributed by atoms with Crippen LogP contribution in [-0.2, 0) is 0 Å². The molecule has 0 nitrogen and oxygen atoms in total. The van der Waals surface area contributed by atoms with E-state index in [0.717, 1.165) is 7.17 Å². The van der Waals surface area contributed by atoms with Gasteiger partial charge >= 0.3 is 0 Å². The van der Waals surface area contributed by atoms with Crippen molar-refractivity contribution in [1.29, 1.82) is 0 Å². The molecule has 0 amide bonds. The van der Waals surface area contributed by atoms with E-state index in [1.807, 2.05) is 11.3 Å². The molecule has 3 heteroatoms. The van der Waals surface area contributed by atoms with Crippen molar-refractivity contribution < 1.29 is 0 Å². The molecule has 0 bridgehead atoms. The molecule has 0 aliphatic rings. The second-order valence-corrected chi connectivity index (χ2v) is 5.37. The number of hydrogen-bond donors (Lipinski definition) is 0. The number of thiophene rings is 1. The maximum atomic E-state index is 2.34. The Balaban J connectivity index is 2.44. The normalized spacial score (nSPS) is 11.1. The van der Waals surface area contributed by atoms with E-state index in [-0.39, 0.29) is 0 Å². The van der Waals surface area contributed by atoms with Crippen molar-refractivity contribution in [3.63, 3.8) is 0 Å². The fourth-order valence-electron chi connectivity index (χ4n) is 2.16. The minimum Gasteiger partial charge on any atom is -0.135 e. The monoisotopic (exact) mass is 222 g/mol. The minimum absolute atomic E-state index is 1.11. The van der Waals surface area contributed by atoms with E-state index in [1.54, 1.807) is 0 Å². The zero-order valence-corrected chi connectivity index (χ0v) is 10.4. The zero-order chi connectivity index (χ0) is 11.1. The smallest absolute Gasteiger partial charge is 0.118 e. The average molecular weight is 222 g/mol. The van der Waals surface area contributed by atoms with Crippen LogP contribution in [0.2, 0.25) is 0 Å². The Morgan fingerprint density at radius 1 is 1.00 bits per heavy atom. The lowest BCUT2D eigenvalue weighted by Crippen LogP contribution is -2.12. The quantitative estimate of drug-likeness (QED) is 0.552. The summed E-state index contributed by atoms with van der Waals surface area (Å²) < 4.78 is 2.80. The van der Waals surface area contributed by atoms with Crippen LogP contribution in [0.3, 0.4) is 0 Å². The summed E-state index contributed by atoms with van der Waals surface area (Å²) in [4.78, 5) is 0. The Hall–Kier alpha value is -1.21.